The molecule has 4 N–H and O–H groups in total. The van der Waals surface area contributed by atoms with Gasteiger partial charge in [-0.3, -0.25) is 9.48 Å². The number of nitrogens with zero attached hydrogens (tertiary/aromatic N) is 4. The topological polar surface area (TPSA) is 111 Å². The normalized spacial score (nSPS) is 10.6. The Kier molecular flexibility index (Phi) is 3.26. The Morgan fingerprint density at radius 3 is 2.82 bits per heavy atom. The number of carbonyl (C=O) groups excluding carboxylic acids is 1. The van der Waals surface area contributed by atoms with E-state index in [-0.39, 0.29) is 11.4 Å². The van der Waals surface area contributed by atoms with E-state index in [0.29, 0.717) is 17.2 Å². The number of aromatic nitrogens is 4. The molecule has 112 valence electrons. The Hall–Kier alpha value is -3.29. The molecule has 2 aromatic heterocycles. The molecule has 1 amide bonds. The quantitative estimate of drug-likeness (QED) is 0.669. The molecule has 0 aliphatic rings. The second kappa shape index (κ2) is 5.24. The highest BCUT2D eigenvalue weighted by molar-refractivity contribution is 5.97. The smallest absolute Gasteiger partial charge is 0.271 e. The van der Waals surface area contributed by atoms with Gasteiger partial charge in [0, 0.05) is 19.2 Å². The third-order valence-electron chi connectivity index (χ3n) is 3.13. The molecule has 0 aliphatic heterocycles. The van der Waals surface area contributed by atoms with E-state index in [4.69, 9.17) is 5.73 Å². The van der Waals surface area contributed by atoms with Crippen LogP contribution in [0.3, 0.4) is 0 Å². The van der Waals surface area contributed by atoms with Gasteiger partial charge in [-0.25, -0.2) is 4.68 Å². The number of aryl methyl sites for hydroxylation is 1. The maximum absolute atomic E-state index is 11.6. The van der Waals surface area contributed by atoms with E-state index in [2.05, 4.69) is 15.5 Å². The minimum Gasteiger partial charge on any atom is -0.508 e. The van der Waals surface area contributed by atoms with Crippen molar-refractivity contribution in [2.24, 2.45) is 12.8 Å². The maximum Gasteiger partial charge on any atom is 0.271 e. The van der Waals surface area contributed by atoms with Crippen molar-refractivity contribution in [2.45, 2.75) is 0 Å². The largest absolute Gasteiger partial charge is 0.508 e. The number of aromatic hydroxyl groups is 1. The van der Waals surface area contributed by atoms with Crippen molar-refractivity contribution in [3.8, 4) is 11.4 Å². The van der Waals surface area contributed by atoms with Crippen molar-refractivity contribution in [1.29, 1.82) is 0 Å². The summed E-state index contributed by atoms with van der Waals surface area (Å²) in [6.45, 7) is 0. The maximum atomic E-state index is 11.6. The average molecular weight is 298 g/mol. The Labute approximate surface area is 125 Å². The van der Waals surface area contributed by atoms with E-state index >= 15 is 0 Å². The van der Waals surface area contributed by atoms with E-state index in [1.165, 1.54) is 10.7 Å². The van der Waals surface area contributed by atoms with Gasteiger partial charge < -0.3 is 16.2 Å². The number of rotatable bonds is 4. The molecule has 0 spiro atoms. The number of hydrogen-bond acceptors (Lipinski definition) is 5. The highest BCUT2D eigenvalue weighted by atomic mass is 16.3. The van der Waals surface area contributed by atoms with E-state index < -0.39 is 5.91 Å². The zero-order valence-corrected chi connectivity index (χ0v) is 11.8. The van der Waals surface area contributed by atoms with Gasteiger partial charge in [-0.15, -0.1) is 0 Å². The molecular weight excluding hydrogens is 284 g/mol. The van der Waals surface area contributed by atoms with E-state index in [0.717, 1.165) is 0 Å². The highest BCUT2D eigenvalue weighted by Crippen LogP contribution is 2.22. The Morgan fingerprint density at radius 1 is 1.36 bits per heavy atom. The lowest BCUT2D eigenvalue weighted by Gasteiger charge is -2.04. The van der Waals surface area contributed by atoms with Gasteiger partial charge >= 0.3 is 0 Å². The number of amides is 1. The van der Waals surface area contributed by atoms with E-state index in [1.54, 1.807) is 48.4 Å². The summed E-state index contributed by atoms with van der Waals surface area (Å²) in [5.41, 5.74) is 6.55. The van der Waals surface area contributed by atoms with Crippen molar-refractivity contribution >= 4 is 17.4 Å². The number of carbonyl (C=O) groups is 1. The predicted molar refractivity (Wildman–Crippen MR) is 80.2 cm³/mol. The van der Waals surface area contributed by atoms with Crippen LogP contribution in [0.4, 0.5) is 11.5 Å². The standard InChI is InChI=1S/C14H14N6O2/c1-19-12(5-6-16-19)17-11-8-20(18-13(11)14(15)22)9-3-2-4-10(21)7-9/h2-8,17,21H,1H3,(H2,15,22). The van der Waals surface area contributed by atoms with Crippen LogP contribution >= 0.6 is 0 Å². The van der Waals surface area contributed by atoms with Crippen molar-refractivity contribution in [3.63, 3.8) is 0 Å². The molecule has 0 saturated carbocycles. The molecule has 2 heterocycles. The summed E-state index contributed by atoms with van der Waals surface area (Å²) in [5, 5.41) is 20.8. The van der Waals surface area contributed by atoms with Crippen LogP contribution in [0.15, 0.2) is 42.7 Å². The number of primary amides is 1. The Bertz CT molecular complexity index is 835. The van der Waals surface area contributed by atoms with Crippen molar-refractivity contribution in [2.75, 3.05) is 5.32 Å². The fraction of sp³-hybridized carbons (Fsp3) is 0.0714. The number of nitrogens with one attached hydrogen (secondary N) is 1. The molecule has 0 aliphatic carbocycles. The van der Waals surface area contributed by atoms with E-state index in [9.17, 15) is 9.90 Å². The fourth-order valence-electron chi connectivity index (χ4n) is 2.05. The monoisotopic (exact) mass is 298 g/mol. The van der Waals surface area contributed by atoms with Gasteiger partial charge in [0.25, 0.3) is 5.91 Å². The molecule has 0 fully saturated rings. The summed E-state index contributed by atoms with van der Waals surface area (Å²) in [7, 11) is 1.77. The number of phenols is 1. The van der Waals surface area contributed by atoms with Crippen LogP contribution in [0.25, 0.3) is 5.69 Å². The Morgan fingerprint density at radius 2 is 2.18 bits per heavy atom. The molecular formula is C14H14N6O2. The van der Waals surface area contributed by atoms with Crippen molar-refractivity contribution in [3.05, 3.63) is 48.4 Å². The molecule has 0 radical (unpaired) electrons. The van der Waals surface area contributed by atoms with Crippen LogP contribution in [-0.2, 0) is 7.05 Å². The summed E-state index contributed by atoms with van der Waals surface area (Å²) in [4.78, 5) is 11.6. The molecule has 3 rings (SSSR count). The molecule has 0 saturated heterocycles. The zero-order valence-electron chi connectivity index (χ0n) is 11.8. The first-order valence-corrected chi connectivity index (χ1v) is 6.48. The number of nitrogens with two attached hydrogens (primary N) is 1. The lowest BCUT2D eigenvalue weighted by atomic mass is 10.3. The summed E-state index contributed by atoms with van der Waals surface area (Å²) >= 11 is 0. The van der Waals surface area contributed by atoms with Crippen LogP contribution in [0.5, 0.6) is 5.75 Å². The van der Waals surface area contributed by atoms with Crippen LogP contribution in [0, 0.1) is 0 Å². The van der Waals surface area contributed by atoms with Gasteiger partial charge in [0.1, 0.15) is 11.6 Å². The van der Waals surface area contributed by atoms with Gasteiger partial charge in [-0.05, 0) is 12.1 Å². The first-order chi connectivity index (χ1) is 10.5. The molecule has 0 unspecified atom stereocenters. The minimum atomic E-state index is -0.649. The number of phenolic OH excluding ortho intramolecular Hbond substituents is 1. The predicted octanol–water partition coefficient (Wildman–Crippen LogP) is 1.15. The van der Waals surface area contributed by atoms with Crippen LogP contribution in [-0.4, -0.2) is 30.6 Å². The number of benzene rings is 1. The average Bonchev–Trinajstić information content (AvgIpc) is 3.07. The second-order valence-corrected chi connectivity index (χ2v) is 4.69. The van der Waals surface area contributed by atoms with Gasteiger partial charge in [-0.1, -0.05) is 6.07 Å². The van der Waals surface area contributed by atoms with Crippen LogP contribution in [0.2, 0.25) is 0 Å². The third-order valence-corrected chi connectivity index (χ3v) is 3.13. The Balaban J connectivity index is 2.03. The molecule has 0 atom stereocenters. The van der Waals surface area contributed by atoms with Gasteiger partial charge in [0.05, 0.1) is 23.8 Å². The van der Waals surface area contributed by atoms with Gasteiger partial charge in [0.2, 0.25) is 0 Å². The van der Waals surface area contributed by atoms with Crippen molar-refractivity contribution in [1.82, 2.24) is 19.6 Å². The van der Waals surface area contributed by atoms with Crippen molar-refractivity contribution < 1.29 is 9.90 Å². The van der Waals surface area contributed by atoms with Gasteiger partial charge in [0.15, 0.2) is 5.69 Å². The highest BCUT2D eigenvalue weighted by Gasteiger charge is 2.16. The first-order valence-electron chi connectivity index (χ1n) is 6.48. The lowest BCUT2D eigenvalue weighted by Crippen LogP contribution is -2.14. The fourth-order valence-corrected chi connectivity index (χ4v) is 2.05. The molecule has 22 heavy (non-hydrogen) atoms. The summed E-state index contributed by atoms with van der Waals surface area (Å²) < 4.78 is 3.09. The minimum absolute atomic E-state index is 0.101. The number of hydrogen-bond donors (Lipinski definition) is 3. The SMILES string of the molecule is Cn1nccc1Nc1cn(-c2cccc(O)c2)nc1C(N)=O. The molecule has 0 bridgehead atoms. The summed E-state index contributed by atoms with van der Waals surface area (Å²) in [6.07, 6.45) is 3.26. The van der Waals surface area contributed by atoms with E-state index in [1.807, 2.05) is 0 Å². The lowest BCUT2D eigenvalue weighted by molar-refractivity contribution is 0.0996. The summed E-state index contributed by atoms with van der Waals surface area (Å²) in [6, 6.07) is 8.29. The first kappa shape index (κ1) is 13.7. The molecule has 8 nitrogen and oxygen atoms in total. The van der Waals surface area contributed by atoms with Crippen LogP contribution in [0.1, 0.15) is 10.5 Å². The molecule has 1 aromatic carbocycles. The third kappa shape index (κ3) is 2.49. The van der Waals surface area contributed by atoms with Crippen LogP contribution < -0.4 is 11.1 Å². The number of anilines is 2. The molecule has 8 heteroatoms. The summed E-state index contributed by atoms with van der Waals surface area (Å²) in [5.74, 6) is 0.149. The zero-order chi connectivity index (χ0) is 15.7. The van der Waals surface area contributed by atoms with Gasteiger partial charge in [-0.2, -0.15) is 10.2 Å². The molecule has 3 aromatic rings. The second-order valence-electron chi connectivity index (χ2n) is 4.69.